The molecular formula is C19H17FN2OS2. The Morgan fingerprint density at radius 1 is 1.32 bits per heavy atom. The Morgan fingerprint density at radius 2 is 2.20 bits per heavy atom. The van der Waals surface area contributed by atoms with Gasteiger partial charge in [0.2, 0.25) is 5.91 Å². The van der Waals surface area contributed by atoms with Gasteiger partial charge in [-0.25, -0.2) is 9.37 Å². The Morgan fingerprint density at radius 3 is 2.96 bits per heavy atom. The average molecular weight is 372 g/mol. The van der Waals surface area contributed by atoms with Crippen LogP contribution in [-0.4, -0.2) is 17.4 Å². The molecule has 0 aliphatic rings. The lowest BCUT2D eigenvalue weighted by molar-refractivity contribution is -0.116. The zero-order chi connectivity index (χ0) is 17.6. The fourth-order valence-electron chi connectivity index (χ4n) is 2.28. The highest BCUT2D eigenvalue weighted by Gasteiger charge is 2.06. The van der Waals surface area contributed by atoms with Crippen LogP contribution in [0.15, 0.2) is 47.9 Å². The number of thiophene rings is 1. The molecule has 0 saturated heterocycles. The molecule has 1 N–H and O–H groups in total. The Kier molecular flexibility index (Phi) is 5.73. The lowest BCUT2D eigenvalue weighted by Crippen LogP contribution is -2.23. The summed E-state index contributed by atoms with van der Waals surface area (Å²) in [5, 5.41) is 5.96. The van der Waals surface area contributed by atoms with Crippen molar-refractivity contribution in [3.05, 3.63) is 69.1 Å². The monoisotopic (exact) mass is 372 g/mol. The molecule has 0 fully saturated rings. The minimum atomic E-state index is -0.314. The van der Waals surface area contributed by atoms with Crippen LogP contribution in [0.4, 0.5) is 4.39 Å². The second kappa shape index (κ2) is 8.18. The lowest BCUT2D eigenvalue weighted by Gasteiger charge is -2.00. The first kappa shape index (κ1) is 17.5. The van der Waals surface area contributed by atoms with Gasteiger partial charge in [0.25, 0.3) is 0 Å². The van der Waals surface area contributed by atoms with Crippen molar-refractivity contribution >= 4 is 34.7 Å². The number of carbonyl (C=O) groups excluding carboxylic acids is 1. The largest absolute Gasteiger partial charge is 0.352 e. The molecule has 0 spiro atoms. The van der Waals surface area contributed by atoms with E-state index >= 15 is 0 Å². The van der Waals surface area contributed by atoms with E-state index < -0.39 is 0 Å². The first-order chi connectivity index (χ1) is 12.1. The Labute approximate surface area is 153 Å². The van der Waals surface area contributed by atoms with Gasteiger partial charge in [-0.05, 0) is 49.2 Å². The minimum Gasteiger partial charge on any atom is -0.352 e. The number of benzene rings is 1. The SMILES string of the molecule is Cc1nc(-c2ccc(CCNC(=O)/C=C/c3cccc(F)c3)s2)cs1. The summed E-state index contributed by atoms with van der Waals surface area (Å²) in [5.74, 6) is -0.498. The fraction of sp³-hybridized carbons (Fsp3) is 0.158. The number of carbonyl (C=O) groups is 1. The van der Waals surface area contributed by atoms with Crippen molar-refractivity contribution in [1.29, 1.82) is 0 Å². The summed E-state index contributed by atoms with van der Waals surface area (Å²) < 4.78 is 13.1. The van der Waals surface area contributed by atoms with Gasteiger partial charge in [-0.15, -0.1) is 22.7 Å². The van der Waals surface area contributed by atoms with E-state index in [1.165, 1.54) is 23.1 Å². The van der Waals surface area contributed by atoms with Crippen molar-refractivity contribution in [2.24, 2.45) is 0 Å². The van der Waals surface area contributed by atoms with Crippen molar-refractivity contribution in [3.63, 3.8) is 0 Å². The molecule has 6 heteroatoms. The predicted octanol–water partition coefficient (Wildman–Crippen LogP) is 4.69. The number of halogens is 1. The van der Waals surface area contributed by atoms with Crippen LogP contribution in [0.1, 0.15) is 15.4 Å². The Hall–Kier alpha value is -2.31. The van der Waals surface area contributed by atoms with Crippen LogP contribution >= 0.6 is 22.7 Å². The summed E-state index contributed by atoms with van der Waals surface area (Å²) in [5.41, 5.74) is 1.68. The fourth-order valence-corrected chi connectivity index (χ4v) is 3.93. The minimum absolute atomic E-state index is 0.184. The summed E-state index contributed by atoms with van der Waals surface area (Å²) in [6.45, 7) is 2.55. The molecule has 0 atom stereocenters. The van der Waals surface area contributed by atoms with E-state index in [0.29, 0.717) is 12.1 Å². The summed E-state index contributed by atoms with van der Waals surface area (Å²) in [7, 11) is 0. The highest BCUT2D eigenvalue weighted by Crippen LogP contribution is 2.29. The van der Waals surface area contributed by atoms with Gasteiger partial charge in [0.05, 0.1) is 15.6 Å². The third kappa shape index (κ3) is 5.08. The molecule has 2 heterocycles. The smallest absolute Gasteiger partial charge is 0.244 e. The van der Waals surface area contributed by atoms with Gasteiger partial charge in [-0.1, -0.05) is 12.1 Å². The quantitative estimate of drug-likeness (QED) is 0.638. The summed E-state index contributed by atoms with van der Waals surface area (Å²) >= 11 is 3.34. The normalized spacial score (nSPS) is 11.1. The zero-order valence-electron chi connectivity index (χ0n) is 13.7. The van der Waals surface area contributed by atoms with Crippen LogP contribution in [0, 0.1) is 12.7 Å². The van der Waals surface area contributed by atoms with Crippen LogP contribution < -0.4 is 5.32 Å². The molecule has 1 aromatic carbocycles. The maximum absolute atomic E-state index is 13.1. The van der Waals surface area contributed by atoms with E-state index in [-0.39, 0.29) is 11.7 Å². The number of aryl methyl sites for hydroxylation is 1. The highest BCUT2D eigenvalue weighted by molar-refractivity contribution is 7.16. The molecule has 0 bridgehead atoms. The summed E-state index contributed by atoms with van der Waals surface area (Å²) in [6, 6.07) is 10.3. The van der Waals surface area contributed by atoms with E-state index in [0.717, 1.165) is 22.0 Å². The molecule has 2 aromatic heterocycles. The average Bonchev–Trinajstić information content (AvgIpc) is 3.22. The van der Waals surface area contributed by atoms with Crippen molar-refractivity contribution in [2.75, 3.05) is 6.54 Å². The molecule has 0 aliphatic heterocycles. The van der Waals surface area contributed by atoms with Crippen molar-refractivity contribution in [1.82, 2.24) is 10.3 Å². The molecule has 0 unspecified atom stereocenters. The zero-order valence-corrected chi connectivity index (χ0v) is 15.3. The van der Waals surface area contributed by atoms with Crippen molar-refractivity contribution in [3.8, 4) is 10.6 Å². The Bertz CT molecular complexity index is 898. The molecule has 3 aromatic rings. The molecule has 3 nitrogen and oxygen atoms in total. The number of hydrogen-bond acceptors (Lipinski definition) is 4. The van der Waals surface area contributed by atoms with Crippen LogP contribution in [0.3, 0.4) is 0 Å². The molecule has 0 saturated carbocycles. The molecule has 3 rings (SSSR count). The number of nitrogens with zero attached hydrogens (tertiary/aromatic N) is 1. The number of thiazole rings is 1. The molecule has 1 amide bonds. The predicted molar refractivity (Wildman–Crippen MR) is 102 cm³/mol. The second-order valence-electron chi connectivity index (χ2n) is 5.45. The topological polar surface area (TPSA) is 42.0 Å². The third-order valence-corrected chi connectivity index (χ3v) is 5.42. The molecule has 0 radical (unpaired) electrons. The first-order valence-corrected chi connectivity index (χ1v) is 9.52. The van der Waals surface area contributed by atoms with Gasteiger partial charge in [-0.3, -0.25) is 4.79 Å². The van der Waals surface area contributed by atoms with Crippen LogP contribution in [-0.2, 0) is 11.2 Å². The van der Waals surface area contributed by atoms with Crippen LogP contribution in [0.5, 0.6) is 0 Å². The number of nitrogens with one attached hydrogen (secondary N) is 1. The number of rotatable bonds is 6. The standard InChI is InChI=1S/C19H17FN2OS2/c1-13-22-17(12-24-13)18-7-6-16(25-18)9-10-21-19(23)8-5-14-3-2-4-15(20)11-14/h2-8,11-12H,9-10H2,1H3,(H,21,23)/b8-5+. The van der Waals surface area contributed by atoms with Gasteiger partial charge in [0, 0.05) is 22.9 Å². The van der Waals surface area contributed by atoms with E-state index in [9.17, 15) is 9.18 Å². The Balaban J connectivity index is 1.48. The van der Waals surface area contributed by atoms with Gasteiger partial charge < -0.3 is 5.32 Å². The number of amides is 1. The van der Waals surface area contributed by atoms with Gasteiger partial charge in [-0.2, -0.15) is 0 Å². The molecule has 0 aliphatic carbocycles. The van der Waals surface area contributed by atoms with Gasteiger partial charge in [0.15, 0.2) is 0 Å². The van der Waals surface area contributed by atoms with E-state index in [1.807, 2.05) is 6.92 Å². The molecular weight excluding hydrogens is 355 g/mol. The van der Waals surface area contributed by atoms with Crippen LogP contribution in [0.25, 0.3) is 16.6 Å². The number of aromatic nitrogens is 1. The second-order valence-corrected chi connectivity index (χ2v) is 7.68. The van der Waals surface area contributed by atoms with Gasteiger partial charge >= 0.3 is 0 Å². The first-order valence-electron chi connectivity index (χ1n) is 7.83. The summed E-state index contributed by atoms with van der Waals surface area (Å²) in [6.07, 6.45) is 3.80. The number of hydrogen-bond donors (Lipinski definition) is 1. The van der Waals surface area contributed by atoms with Crippen molar-refractivity contribution in [2.45, 2.75) is 13.3 Å². The highest BCUT2D eigenvalue weighted by atomic mass is 32.1. The maximum atomic E-state index is 13.1. The summed E-state index contributed by atoms with van der Waals surface area (Å²) in [4.78, 5) is 18.7. The van der Waals surface area contributed by atoms with E-state index in [1.54, 1.807) is 40.9 Å². The molecule has 128 valence electrons. The van der Waals surface area contributed by atoms with E-state index in [4.69, 9.17) is 0 Å². The lowest BCUT2D eigenvalue weighted by atomic mass is 10.2. The molecule has 25 heavy (non-hydrogen) atoms. The third-order valence-electron chi connectivity index (χ3n) is 3.48. The van der Waals surface area contributed by atoms with Gasteiger partial charge in [0.1, 0.15) is 5.82 Å². The van der Waals surface area contributed by atoms with Crippen LogP contribution in [0.2, 0.25) is 0 Å². The maximum Gasteiger partial charge on any atom is 0.244 e. The van der Waals surface area contributed by atoms with E-state index in [2.05, 4.69) is 27.8 Å². The van der Waals surface area contributed by atoms with Crippen molar-refractivity contribution < 1.29 is 9.18 Å².